The van der Waals surface area contributed by atoms with E-state index in [0.717, 1.165) is 17.5 Å². The van der Waals surface area contributed by atoms with Crippen molar-refractivity contribution in [1.29, 1.82) is 0 Å². The Morgan fingerprint density at radius 2 is 1.74 bits per heavy atom. The highest BCUT2D eigenvalue weighted by Gasteiger charge is 2.21. The second-order valence-electron chi connectivity index (χ2n) is 8.48. The number of hydrogen-bond donors (Lipinski definition) is 1. The molecule has 0 saturated heterocycles. The molecule has 178 valence electrons. The monoisotopic (exact) mass is 511 g/mol. The third-order valence-electron chi connectivity index (χ3n) is 6.27. The maximum atomic E-state index is 12.7. The molecular weight excluding hydrogens is 493 g/mol. The van der Waals surface area contributed by atoms with Gasteiger partial charge in [-0.25, -0.2) is 9.48 Å². The first-order valence-corrected chi connectivity index (χ1v) is 11.8. The lowest BCUT2D eigenvalue weighted by Gasteiger charge is -2.22. The van der Waals surface area contributed by atoms with E-state index in [-0.39, 0.29) is 21.3 Å². The number of nitrogens with one attached hydrogen (secondary N) is 1. The SMILES string of the molecule is [C-]#[N+]c1nn(-c2cc(Cl)c(-n3ncc4c3ccc(=O)n4CC3CCCCC3)c(Cl)c2)c(=O)[nH]c1=O. The highest BCUT2D eigenvalue weighted by molar-refractivity contribution is 6.38. The summed E-state index contributed by atoms with van der Waals surface area (Å²) in [4.78, 5) is 41.7. The van der Waals surface area contributed by atoms with Crippen molar-refractivity contribution < 1.29 is 0 Å². The largest absolute Gasteiger partial charge is 0.365 e. The predicted molar refractivity (Wildman–Crippen MR) is 132 cm³/mol. The number of nitrogens with zero attached hydrogens (tertiary/aromatic N) is 6. The van der Waals surface area contributed by atoms with E-state index in [1.165, 1.54) is 37.5 Å². The lowest BCUT2D eigenvalue weighted by atomic mass is 9.89. The van der Waals surface area contributed by atoms with E-state index in [9.17, 15) is 14.4 Å². The molecule has 3 heterocycles. The molecule has 4 aromatic rings. The standard InChI is InChI=1S/C23H19Cl2N7O3/c1-26-21-22(34)28-23(35)31(29-21)14-9-15(24)20(16(25)10-14)32-17-7-8-19(33)30(18(17)11-27-32)12-13-5-3-2-4-6-13/h7-11,13H,2-6,12H2,(H,28,34,35). The lowest BCUT2D eigenvalue weighted by Crippen LogP contribution is -2.30. The third-order valence-corrected chi connectivity index (χ3v) is 6.84. The molecule has 1 aromatic carbocycles. The van der Waals surface area contributed by atoms with Gasteiger partial charge in [-0.1, -0.05) is 49.0 Å². The van der Waals surface area contributed by atoms with Gasteiger partial charge in [0.05, 0.1) is 33.0 Å². The van der Waals surface area contributed by atoms with Crippen LogP contribution in [0.1, 0.15) is 32.1 Å². The fourth-order valence-electron chi connectivity index (χ4n) is 4.58. The van der Waals surface area contributed by atoms with Crippen molar-refractivity contribution in [1.82, 2.24) is 29.1 Å². The Kier molecular flexibility index (Phi) is 6.05. The molecule has 0 spiro atoms. The van der Waals surface area contributed by atoms with Crippen LogP contribution in [0.2, 0.25) is 10.0 Å². The van der Waals surface area contributed by atoms with Crippen LogP contribution in [0.4, 0.5) is 5.82 Å². The first-order valence-electron chi connectivity index (χ1n) is 11.1. The van der Waals surface area contributed by atoms with Crippen LogP contribution < -0.4 is 16.8 Å². The van der Waals surface area contributed by atoms with Gasteiger partial charge in [-0.15, -0.1) is 4.68 Å². The third kappa shape index (κ3) is 4.17. The van der Waals surface area contributed by atoms with E-state index >= 15 is 0 Å². The minimum absolute atomic E-state index is 0.0886. The predicted octanol–water partition coefficient (Wildman–Crippen LogP) is 3.86. The minimum Gasteiger partial charge on any atom is -0.354 e. The topological polar surface area (TPSA) is 112 Å². The van der Waals surface area contributed by atoms with Crippen LogP contribution in [0.15, 0.2) is 44.8 Å². The zero-order valence-electron chi connectivity index (χ0n) is 18.4. The number of halogens is 2. The molecule has 3 aromatic heterocycles. The van der Waals surface area contributed by atoms with E-state index in [2.05, 4.69) is 15.0 Å². The van der Waals surface area contributed by atoms with E-state index in [1.54, 1.807) is 21.5 Å². The van der Waals surface area contributed by atoms with Crippen LogP contribution in [0.3, 0.4) is 0 Å². The van der Waals surface area contributed by atoms with Crippen molar-refractivity contribution in [3.8, 4) is 11.4 Å². The van der Waals surface area contributed by atoms with Gasteiger partial charge < -0.3 is 9.41 Å². The fraction of sp³-hybridized carbons (Fsp3) is 0.304. The molecule has 0 amide bonds. The van der Waals surface area contributed by atoms with Crippen molar-refractivity contribution in [3.05, 3.63) is 83.1 Å². The summed E-state index contributed by atoms with van der Waals surface area (Å²) in [6.45, 7) is 7.69. The van der Waals surface area contributed by atoms with E-state index in [0.29, 0.717) is 29.2 Å². The molecule has 1 N–H and O–H groups in total. The zero-order chi connectivity index (χ0) is 24.7. The number of benzene rings is 1. The van der Waals surface area contributed by atoms with Crippen LogP contribution in [0, 0.1) is 12.5 Å². The van der Waals surface area contributed by atoms with Gasteiger partial charge in [0.2, 0.25) is 0 Å². The van der Waals surface area contributed by atoms with Crippen LogP contribution in [0.25, 0.3) is 27.3 Å². The number of H-pyrrole nitrogens is 1. The summed E-state index contributed by atoms with van der Waals surface area (Å²) in [6.07, 6.45) is 7.41. The summed E-state index contributed by atoms with van der Waals surface area (Å²) >= 11 is 13.1. The van der Waals surface area contributed by atoms with Gasteiger partial charge in [0.1, 0.15) is 5.69 Å². The van der Waals surface area contributed by atoms with Gasteiger partial charge >= 0.3 is 11.5 Å². The summed E-state index contributed by atoms with van der Waals surface area (Å²) in [5.41, 5.74) is 0.0645. The van der Waals surface area contributed by atoms with Crippen LogP contribution in [-0.2, 0) is 6.54 Å². The van der Waals surface area contributed by atoms with Crippen molar-refractivity contribution in [3.63, 3.8) is 0 Å². The highest BCUT2D eigenvalue weighted by Crippen LogP contribution is 2.33. The normalized spacial score (nSPS) is 14.3. The summed E-state index contributed by atoms with van der Waals surface area (Å²) < 4.78 is 4.15. The molecule has 1 aliphatic carbocycles. The van der Waals surface area contributed by atoms with Gasteiger partial charge in [0, 0.05) is 12.6 Å². The molecule has 1 saturated carbocycles. The lowest BCUT2D eigenvalue weighted by molar-refractivity contribution is 0.320. The van der Waals surface area contributed by atoms with Crippen molar-refractivity contribution in [2.45, 2.75) is 38.6 Å². The van der Waals surface area contributed by atoms with Crippen molar-refractivity contribution in [2.24, 2.45) is 5.92 Å². The van der Waals surface area contributed by atoms with Crippen molar-refractivity contribution >= 4 is 40.1 Å². The molecule has 1 fully saturated rings. The van der Waals surface area contributed by atoms with Crippen LogP contribution >= 0.6 is 23.2 Å². The Bertz CT molecular complexity index is 1650. The first-order chi connectivity index (χ1) is 16.9. The zero-order valence-corrected chi connectivity index (χ0v) is 19.9. The first kappa shape index (κ1) is 23.1. The molecule has 12 heteroatoms. The van der Waals surface area contributed by atoms with E-state index in [1.807, 2.05) is 4.98 Å². The Labute approximate surface area is 208 Å². The van der Waals surface area contributed by atoms with Gasteiger partial charge in [-0.05, 0) is 42.1 Å². The molecule has 0 atom stereocenters. The fourth-order valence-corrected chi connectivity index (χ4v) is 5.22. The average Bonchev–Trinajstić information content (AvgIpc) is 3.25. The van der Waals surface area contributed by atoms with Gasteiger partial charge in [0.25, 0.3) is 11.1 Å². The number of aromatic amines is 1. The number of aromatic nitrogens is 6. The Morgan fingerprint density at radius 3 is 2.43 bits per heavy atom. The second-order valence-corrected chi connectivity index (χ2v) is 9.29. The van der Waals surface area contributed by atoms with Crippen LogP contribution in [0.5, 0.6) is 0 Å². The second kappa shape index (κ2) is 9.17. The molecular formula is C23H19Cl2N7O3. The average molecular weight is 512 g/mol. The Hall–Kier alpha value is -3.68. The molecule has 1 aliphatic rings. The van der Waals surface area contributed by atoms with Gasteiger partial charge in [-0.2, -0.15) is 5.10 Å². The van der Waals surface area contributed by atoms with E-state index in [4.69, 9.17) is 29.8 Å². The summed E-state index contributed by atoms with van der Waals surface area (Å²) in [5, 5.41) is 8.57. The number of hydrogen-bond acceptors (Lipinski definition) is 5. The quantitative estimate of drug-likeness (QED) is 0.418. The summed E-state index contributed by atoms with van der Waals surface area (Å²) in [7, 11) is 0. The molecule has 5 rings (SSSR count). The number of fused-ring (bicyclic) bond motifs is 1. The maximum absolute atomic E-state index is 12.7. The van der Waals surface area contributed by atoms with E-state index < -0.39 is 17.1 Å². The number of rotatable bonds is 4. The molecule has 0 unspecified atom stereocenters. The Balaban J connectivity index is 1.60. The smallest absolute Gasteiger partial charge is 0.354 e. The summed E-state index contributed by atoms with van der Waals surface area (Å²) in [5.74, 6) is -0.0414. The Morgan fingerprint density at radius 1 is 1.03 bits per heavy atom. The molecule has 0 aliphatic heterocycles. The molecule has 0 radical (unpaired) electrons. The van der Waals surface area contributed by atoms with Crippen LogP contribution in [-0.4, -0.2) is 29.1 Å². The molecule has 10 nitrogen and oxygen atoms in total. The van der Waals surface area contributed by atoms with Gasteiger partial charge in [-0.3, -0.25) is 14.6 Å². The highest BCUT2D eigenvalue weighted by atomic mass is 35.5. The van der Waals surface area contributed by atoms with Gasteiger partial charge in [0.15, 0.2) is 0 Å². The van der Waals surface area contributed by atoms with Crippen molar-refractivity contribution in [2.75, 3.05) is 0 Å². The molecule has 35 heavy (non-hydrogen) atoms. The minimum atomic E-state index is -0.877. The maximum Gasteiger partial charge on any atom is 0.365 e. The summed E-state index contributed by atoms with van der Waals surface area (Å²) in [6, 6.07) is 6.07. The molecule has 0 bridgehead atoms. The number of pyridine rings is 1.